The largest absolute Gasteiger partial charge is 0.424 e. The van der Waals surface area contributed by atoms with Gasteiger partial charge >= 0.3 is 5.97 Å². The first-order chi connectivity index (χ1) is 13.4. The monoisotopic (exact) mass is 381 g/mol. The van der Waals surface area contributed by atoms with Crippen LogP contribution in [0.25, 0.3) is 10.8 Å². The second kappa shape index (κ2) is 8.06. The van der Waals surface area contributed by atoms with Crippen LogP contribution in [0.4, 0.5) is 0 Å². The number of hydrogen-bond donors (Lipinski definition) is 0. The molecule has 3 rings (SSSR count). The molecule has 3 aromatic rings. The summed E-state index contributed by atoms with van der Waals surface area (Å²) in [4.78, 5) is 27.7. The van der Waals surface area contributed by atoms with Crippen molar-refractivity contribution in [1.29, 1.82) is 0 Å². The van der Waals surface area contributed by atoms with Crippen LogP contribution >= 0.6 is 0 Å². The molecule has 0 amide bonds. The van der Waals surface area contributed by atoms with Crippen molar-refractivity contribution in [2.45, 2.75) is 19.1 Å². The molecule has 0 saturated carbocycles. The van der Waals surface area contributed by atoms with Crippen molar-refractivity contribution < 1.29 is 24.2 Å². The van der Waals surface area contributed by atoms with E-state index >= 15 is 0 Å². The summed E-state index contributed by atoms with van der Waals surface area (Å²) in [5.74, 6) is -0.350. The van der Waals surface area contributed by atoms with Crippen molar-refractivity contribution in [3.05, 3.63) is 88.0 Å². The lowest BCUT2D eigenvalue weighted by Crippen LogP contribution is -2.38. The number of esters is 1. The minimum absolute atomic E-state index is 0.233. The fourth-order valence-corrected chi connectivity index (χ4v) is 2.98. The average Bonchev–Trinajstić information content (AvgIpc) is 2.71. The van der Waals surface area contributed by atoms with Crippen LogP contribution in [0.5, 0.6) is 5.75 Å². The maximum Gasteiger partial charge on any atom is 0.348 e. The summed E-state index contributed by atoms with van der Waals surface area (Å²) in [5.41, 5.74) is -0.147. The topological polar surface area (TPSA) is 87.9 Å². The van der Waals surface area contributed by atoms with Gasteiger partial charge in [-0.05, 0) is 35.4 Å². The Labute approximate surface area is 161 Å². The van der Waals surface area contributed by atoms with E-state index < -0.39 is 16.7 Å². The Bertz CT molecular complexity index is 1010. The minimum Gasteiger partial charge on any atom is -0.424 e. The Morgan fingerprint density at radius 2 is 1.79 bits per heavy atom. The fourth-order valence-electron chi connectivity index (χ4n) is 2.98. The van der Waals surface area contributed by atoms with Crippen molar-refractivity contribution in [2.24, 2.45) is 0 Å². The van der Waals surface area contributed by atoms with Gasteiger partial charge in [0.15, 0.2) is 5.60 Å². The van der Waals surface area contributed by atoms with E-state index in [1.54, 1.807) is 25.1 Å². The zero-order chi connectivity index (χ0) is 20.1. The molecule has 28 heavy (non-hydrogen) atoms. The second-order valence-electron chi connectivity index (χ2n) is 6.30. The third kappa shape index (κ3) is 3.94. The summed E-state index contributed by atoms with van der Waals surface area (Å²) in [7, 11) is 1.45. The predicted octanol–water partition coefficient (Wildman–Crippen LogP) is 4.02. The lowest BCUT2D eigenvalue weighted by molar-refractivity contribution is -0.763. The second-order valence-corrected chi connectivity index (χ2v) is 6.30. The molecule has 0 bridgehead atoms. The number of benzene rings is 3. The molecule has 0 N–H and O–H groups in total. The van der Waals surface area contributed by atoms with E-state index in [-0.39, 0.29) is 12.4 Å². The molecule has 3 aromatic carbocycles. The Morgan fingerprint density at radius 1 is 1.07 bits per heavy atom. The summed E-state index contributed by atoms with van der Waals surface area (Å²) in [6, 6.07) is 19.7. The molecule has 7 nitrogen and oxygen atoms in total. The fraction of sp³-hybridized carbons (Fsp3) is 0.190. The van der Waals surface area contributed by atoms with Crippen LogP contribution in [0.3, 0.4) is 0 Å². The van der Waals surface area contributed by atoms with Crippen LogP contribution in [-0.4, -0.2) is 18.2 Å². The van der Waals surface area contributed by atoms with Crippen LogP contribution in [-0.2, 0) is 26.6 Å². The minimum atomic E-state index is -1.34. The lowest BCUT2D eigenvalue weighted by Gasteiger charge is -2.27. The van der Waals surface area contributed by atoms with Crippen LogP contribution in [0.2, 0.25) is 0 Å². The van der Waals surface area contributed by atoms with Crippen molar-refractivity contribution >= 4 is 16.7 Å². The molecule has 0 saturated heterocycles. The van der Waals surface area contributed by atoms with E-state index in [1.807, 2.05) is 42.5 Å². The smallest absolute Gasteiger partial charge is 0.348 e. The molecular formula is C21H19NO6. The molecule has 0 heterocycles. The van der Waals surface area contributed by atoms with Gasteiger partial charge in [-0.3, -0.25) is 0 Å². The zero-order valence-electron chi connectivity index (χ0n) is 15.5. The number of carbonyl (C=O) groups is 1. The highest BCUT2D eigenvalue weighted by Crippen LogP contribution is 2.33. The average molecular weight is 381 g/mol. The summed E-state index contributed by atoms with van der Waals surface area (Å²) in [6.07, 6.45) is 0. The van der Waals surface area contributed by atoms with E-state index in [0.717, 1.165) is 10.8 Å². The highest BCUT2D eigenvalue weighted by molar-refractivity contribution is 5.93. The summed E-state index contributed by atoms with van der Waals surface area (Å²) < 4.78 is 11.1. The zero-order valence-corrected chi connectivity index (χ0v) is 15.5. The first-order valence-corrected chi connectivity index (χ1v) is 8.56. The van der Waals surface area contributed by atoms with Crippen LogP contribution < -0.4 is 4.74 Å². The van der Waals surface area contributed by atoms with Gasteiger partial charge in [-0.25, -0.2) is 4.79 Å². The number of ether oxygens (including phenoxy) is 2. The van der Waals surface area contributed by atoms with Gasteiger partial charge < -0.3 is 14.3 Å². The molecule has 0 aliphatic heterocycles. The Kier molecular flexibility index (Phi) is 5.56. The van der Waals surface area contributed by atoms with Crippen LogP contribution in [0, 0.1) is 10.1 Å². The van der Waals surface area contributed by atoms with Gasteiger partial charge in [-0.1, -0.05) is 54.6 Å². The molecule has 7 heteroatoms. The first-order valence-electron chi connectivity index (χ1n) is 8.56. The molecule has 0 spiro atoms. The van der Waals surface area contributed by atoms with E-state index in [2.05, 4.69) is 4.84 Å². The number of methoxy groups -OCH3 is 1. The Hall–Kier alpha value is -3.45. The molecule has 0 aliphatic rings. The Balaban J connectivity index is 1.89. The molecule has 144 valence electrons. The molecule has 0 aliphatic carbocycles. The third-order valence-corrected chi connectivity index (χ3v) is 4.55. The van der Waals surface area contributed by atoms with Gasteiger partial charge in [-0.2, -0.15) is 0 Å². The first kappa shape index (κ1) is 19.3. The van der Waals surface area contributed by atoms with Crippen molar-refractivity contribution in [2.75, 3.05) is 7.11 Å². The summed E-state index contributed by atoms with van der Waals surface area (Å²) in [5, 5.41) is 11.3. The lowest BCUT2D eigenvalue weighted by atomic mass is 9.90. The molecule has 0 radical (unpaired) electrons. The maximum absolute atomic E-state index is 13.0. The van der Waals surface area contributed by atoms with Gasteiger partial charge in [0, 0.05) is 12.7 Å². The number of carbonyl (C=O) groups excluding carboxylic acids is 1. The quantitative estimate of drug-likeness (QED) is 0.266. The molecule has 0 unspecified atom stereocenters. The number of fused-ring (bicyclic) bond motifs is 1. The number of hydrogen-bond acceptors (Lipinski definition) is 6. The van der Waals surface area contributed by atoms with Crippen molar-refractivity contribution in [1.82, 2.24) is 0 Å². The van der Waals surface area contributed by atoms with Crippen molar-refractivity contribution in [3.63, 3.8) is 0 Å². The number of rotatable bonds is 7. The van der Waals surface area contributed by atoms with E-state index in [4.69, 9.17) is 9.47 Å². The summed E-state index contributed by atoms with van der Waals surface area (Å²) >= 11 is 0. The van der Waals surface area contributed by atoms with Crippen LogP contribution in [0.15, 0.2) is 66.7 Å². The number of nitrogens with zero attached hydrogens (tertiary/aromatic N) is 1. The van der Waals surface area contributed by atoms with Crippen LogP contribution in [0.1, 0.15) is 18.1 Å². The van der Waals surface area contributed by atoms with Gasteiger partial charge in [-0.15, -0.1) is 10.1 Å². The summed E-state index contributed by atoms with van der Waals surface area (Å²) in [6.45, 7) is 1.42. The maximum atomic E-state index is 13.0. The van der Waals surface area contributed by atoms with Gasteiger partial charge in [0.05, 0.1) is 0 Å². The molecule has 1 atom stereocenters. The van der Waals surface area contributed by atoms with Gasteiger partial charge in [0.25, 0.3) is 5.09 Å². The van der Waals surface area contributed by atoms with Crippen molar-refractivity contribution in [3.8, 4) is 5.75 Å². The van der Waals surface area contributed by atoms with E-state index in [0.29, 0.717) is 11.1 Å². The van der Waals surface area contributed by atoms with E-state index in [9.17, 15) is 14.9 Å². The Morgan fingerprint density at radius 3 is 2.54 bits per heavy atom. The highest BCUT2D eigenvalue weighted by atomic mass is 16.9. The van der Waals surface area contributed by atoms with Gasteiger partial charge in [0.1, 0.15) is 12.4 Å². The standard InChI is InChI=1S/C21H19NO6/c1-21(26-2,19-12-6-9-16-8-3-4-11-18(16)19)20(23)28-17-10-5-7-15(13-17)14-27-22(24)25/h3-13H,14H2,1-2H3/t21-/m0/s1. The third-order valence-electron chi connectivity index (χ3n) is 4.55. The highest BCUT2D eigenvalue weighted by Gasteiger charge is 2.38. The predicted molar refractivity (Wildman–Crippen MR) is 102 cm³/mol. The SMILES string of the molecule is CO[C@](C)(C(=O)Oc1cccc(CO[N+](=O)[O-])c1)c1cccc2ccccc12. The molecule has 0 aromatic heterocycles. The van der Waals surface area contributed by atoms with E-state index in [1.165, 1.54) is 13.2 Å². The normalized spacial score (nSPS) is 12.9. The molecular weight excluding hydrogens is 362 g/mol. The molecule has 0 fully saturated rings. The van der Waals surface area contributed by atoms with Gasteiger partial charge in [0.2, 0.25) is 0 Å².